The van der Waals surface area contributed by atoms with Crippen LogP contribution in [-0.4, -0.2) is 61.4 Å². The van der Waals surface area contributed by atoms with Crippen LogP contribution in [0.5, 0.6) is 0 Å². The highest BCUT2D eigenvalue weighted by molar-refractivity contribution is 5.92. The summed E-state index contributed by atoms with van der Waals surface area (Å²) in [6.45, 7) is 9.21. The Balaban J connectivity index is 1.56. The summed E-state index contributed by atoms with van der Waals surface area (Å²) in [7, 11) is 1.83. The van der Waals surface area contributed by atoms with Crippen LogP contribution in [0.1, 0.15) is 28.7 Å². The van der Waals surface area contributed by atoms with Gasteiger partial charge in [0, 0.05) is 64.3 Å². The second kappa shape index (κ2) is 6.54. The Morgan fingerprint density at radius 2 is 1.96 bits per heavy atom. The minimum absolute atomic E-state index is 0.0280. The molecule has 0 aromatic carbocycles. The molecule has 1 fully saturated rings. The van der Waals surface area contributed by atoms with Crippen molar-refractivity contribution in [3.8, 4) is 0 Å². The molecule has 3 rings (SSSR count). The molecular formula is C16H24N6O. The van der Waals surface area contributed by atoms with Crippen molar-refractivity contribution in [3.05, 3.63) is 35.4 Å². The van der Waals surface area contributed by atoms with Gasteiger partial charge in [-0.05, 0) is 19.9 Å². The third kappa shape index (κ3) is 3.44. The normalized spacial score (nSPS) is 16.0. The summed E-state index contributed by atoms with van der Waals surface area (Å²) < 4.78 is 3.64. The SMILES string of the molecule is CCn1cc(CN2CCN(C(=O)c3ccn(C)n3)CC2)c(C)n1. The zero-order valence-electron chi connectivity index (χ0n) is 14.1. The van der Waals surface area contributed by atoms with E-state index in [0.29, 0.717) is 5.69 Å². The summed E-state index contributed by atoms with van der Waals surface area (Å²) in [6, 6.07) is 1.78. The molecule has 0 radical (unpaired) electrons. The fourth-order valence-corrected chi connectivity index (χ4v) is 2.92. The van der Waals surface area contributed by atoms with Gasteiger partial charge in [0.15, 0.2) is 0 Å². The predicted molar refractivity (Wildman–Crippen MR) is 87.0 cm³/mol. The molecule has 0 spiro atoms. The second-order valence-electron chi connectivity index (χ2n) is 6.04. The first-order chi connectivity index (χ1) is 11.1. The fourth-order valence-electron chi connectivity index (χ4n) is 2.92. The monoisotopic (exact) mass is 316 g/mol. The molecule has 1 aliphatic heterocycles. The number of carbonyl (C=O) groups excluding carboxylic acids is 1. The largest absolute Gasteiger partial charge is 0.335 e. The van der Waals surface area contributed by atoms with Crippen LogP contribution in [0.4, 0.5) is 0 Å². The van der Waals surface area contributed by atoms with E-state index in [4.69, 9.17) is 0 Å². The topological polar surface area (TPSA) is 59.2 Å². The molecule has 3 heterocycles. The van der Waals surface area contributed by atoms with Gasteiger partial charge >= 0.3 is 0 Å². The highest BCUT2D eigenvalue weighted by Crippen LogP contribution is 2.13. The van der Waals surface area contributed by atoms with E-state index in [1.807, 2.05) is 16.6 Å². The third-order valence-corrected chi connectivity index (χ3v) is 4.36. The van der Waals surface area contributed by atoms with E-state index in [0.717, 1.165) is 45.0 Å². The zero-order chi connectivity index (χ0) is 16.4. The van der Waals surface area contributed by atoms with E-state index in [9.17, 15) is 4.79 Å². The molecule has 1 saturated heterocycles. The molecule has 7 heteroatoms. The number of hydrogen-bond donors (Lipinski definition) is 0. The molecule has 124 valence electrons. The molecule has 0 saturated carbocycles. The minimum Gasteiger partial charge on any atom is -0.335 e. The van der Waals surface area contributed by atoms with Crippen LogP contribution in [0.2, 0.25) is 0 Å². The van der Waals surface area contributed by atoms with E-state index >= 15 is 0 Å². The molecule has 0 aliphatic carbocycles. The Bertz CT molecular complexity index is 681. The van der Waals surface area contributed by atoms with Gasteiger partial charge in [0.2, 0.25) is 0 Å². The van der Waals surface area contributed by atoms with Crippen molar-refractivity contribution in [2.75, 3.05) is 26.2 Å². The smallest absolute Gasteiger partial charge is 0.274 e. The lowest BCUT2D eigenvalue weighted by Gasteiger charge is -2.34. The lowest BCUT2D eigenvalue weighted by atomic mass is 10.2. The average Bonchev–Trinajstić information content (AvgIpc) is 3.14. The Hall–Kier alpha value is -2.15. The summed E-state index contributed by atoms with van der Waals surface area (Å²) in [4.78, 5) is 16.7. The van der Waals surface area contributed by atoms with Gasteiger partial charge in [-0.2, -0.15) is 10.2 Å². The van der Waals surface area contributed by atoms with Crippen LogP contribution in [0.15, 0.2) is 18.5 Å². The molecule has 1 aliphatic rings. The first-order valence-corrected chi connectivity index (χ1v) is 8.11. The zero-order valence-corrected chi connectivity index (χ0v) is 14.1. The summed E-state index contributed by atoms with van der Waals surface area (Å²) in [5.41, 5.74) is 2.90. The van der Waals surface area contributed by atoms with E-state index < -0.39 is 0 Å². The van der Waals surface area contributed by atoms with Crippen molar-refractivity contribution in [1.82, 2.24) is 29.4 Å². The highest BCUT2D eigenvalue weighted by atomic mass is 16.2. The van der Waals surface area contributed by atoms with E-state index in [1.165, 1.54) is 5.56 Å². The van der Waals surface area contributed by atoms with Crippen molar-refractivity contribution >= 4 is 5.91 Å². The third-order valence-electron chi connectivity index (χ3n) is 4.36. The van der Waals surface area contributed by atoms with Gasteiger partial charge in [-0.1, -0.05) is 0 Å². The van der Waals surface area contributed by atoms with Crippen molar-refractivity contribution in [2.45, 2.75) is 26.9 Å². The summed E-state index contributed by atoms with van der Waals surface area (Å²) in [5, 5.41) is 8.69. The molecule has 1 amide bonds. The first kappa shape index (κ1) is 15.7. The van der Waals surface area contributed by atoms with E-state index in [1.54, 1.807) is 16.9 Å². The molecule has 0 atom stereocenters. The summed E-state index contributed by atoms with van der Waals surface area (Å²) >= 11 is 0. The standard InChI is InChI=1S/C16H24N6O/c1-4-22-12-14(13(2)17-22)11-20-7-9-21(10-8-20)16(23)15-5-6-19(3)18-15/h5-6,12H,4,7-11H2,1-3H3. The van der Waals surface area contributed by atoms with Crippen molar-refractivity contribution in [2.24, 2.45) is 7.05 Å². The average molecular weight is 316 g/mol. The maximum Gasteiger partial charge on any atom is 0.274 e. The van der Waals surface area contributed by atoms with Gasteiger partial charge in [0.1, 0.15) is 5.69 Å². The van der Waals surface area contributed by atoms with Gasteiger partial charge in [-0.3, -0.25) is 19.1 Å². The van der Waals surface area contributed by atoms with Gasteiger partial charge < -0.3 is 4.90 Å². The Kier molecular flexibility index (Phi) is 4.47. The number of amides is 1. The van der Waals surface area contributed by atoms with Crippen LogP contribution in [-0.2, 0) is 20.1 Å². The Morgan fingerprint density at radius 1 is 1.22 bits per heavy atom. The highest BCUT2D eigenvalue weighted by Gasteiger charge is 2.24. The van der Waals surface area contributed by atoms with E-state index in [-0.39, 0.29) is 5.91 Å². The predicted octanol–water partition coefficient (Wildman–Crippen LogP) is 0.903. The molecule has 2 aromatic heterocycles. The number of nitrogens with zero attached hydrogens (tertiary/aromatic N) is 6. The van der Waals surface area contributed by atoms with Crippen LogP contribution >= 0.6 is 0 Å². The van der Waals surface area contributed by atoms with Crippen LogP contribution in [0.25, 0.3) is 0 Å². The van der Waals surface area contributed by atoms with Crippen molar-refractivity contribution in [1.29, 1.82) is 0 Å². The maximum absolute atomic E-state index is 12.4. The number of aromatic nitrogens is 4. The Labute approximate surface area is 136 Å². The van der Waals surface area contributed by atoms with Gasteiger partial charge in [0.05, 0.1) is 5.69 Å². The number of hydrogen-bond acceptors (Lipinski definition) is 4. The number of aryl methyl sites for hydroxylation is 3. The van der Waals surface area contributed by atoms with Crippen molar-refractivity contribution in [3.63, 3.8) is 0 Å². The van der Waals surface area contributed by atoms with E-state index in [2.05, 4.69) is 35.1 Å². The minimum atomic E-state index is 0.0280. The summed E-state index contributed by atoms with van der Waals surface area (Å²) in [5.74, 6) is 0.0280. The number of rotatable bonds is 4. The maximum atomic E-state index is 12.4. The molecule has 7 nitrogen and oxygen atoms in total. The lowest BCUT2D eigenvalue weighted by Crippen LogP contribution is -2.48. The molecule has 23 heavy (non-hydrogen) atoms. The second-order valence-corrected chi connectivity index (χ2v) is 6.04. The number of piperazine rings is 1. The lowest BCUT2D eigenvalue weighted by molar-refractivity contribution is 0.0621. The molecular weight excluding hydrogens is 292 g/mol. The van der Waals surface area contributed by atoms with Gasteiger partial charge in [-0.15, -0.1) is 0 Å². The van der Waals surface area contributed by atoms with Crippen LogP contribution in [0.3, 0.4) is 0 Å². The molecule has 0 N–H and O–H groups in total. The first-order valence-electron chi connectivity index (χ1n) is 8.11. The number of carbonyl (C=O) groups is 1. The van der Waals surface area contributed by atoms with Crippen LogP contribution in [0, 0.1) is 6.92 Å². The molecule has 0 unspecified atom stereocenters. The van der Waals surface area contributed by atoms with Crippen LogP contribution < -0.4 is 0 Å². The van der Waals surface area contributed by atoms with Gasteiger partial charge in [0.25, 0.3) is 5.91 Å². The molecule has 2 aromatic rings. The Morgan fingerprint density at radius 3 is 2.52 bits per heavy atom. The fraction of sp³-hybridized carbons (Fsp3) is 0.562. The summed E-state index contributed by atoms with van der Waals surface area (Å²) in [6.07, 6.45) is 3.93. The quantitative estimate of drug-likeness (QED) is 0.841. The molecule has 0 bridgehead atoms. The van der Waals surface area contributed by atoms with Gasteiger partial charge in [-0.25, -0.2) is 0 Å². The van der Waals surface area contributed by atoms with Crippen molar-refractivity contribution < 1.29 is 4.79 Å².